The molecule has 1 aromatic rings. The van der Waals surface area contributed by atoms with Crippen molar-refractivity contribution in [2.45, 2.75) is 32.4 Å². The minimum absolute atomic E-state index is 0.209. The standard InChI is InChI=1S/C13H17N/c1-3-8-13(4-2)14-11-12-9-6-5-7-10-12/h2,5-7,9-10,13-14H,3,8,11H2,1H3. The molecule has 0 aliphatic rings. The smallest absolute Gasteiger partial charge is 0.0689 e. The van der Waals surface area contributed by atoms with Gasteiger partial charge in [-0.3, -0.25) is 5.32 Å². The average Bonchev–Trinajstić information content (AvgIpc) is 2.25. The normalized spacial score (nSPS) is 12.0. The lowest BCUT2D eigenvalue weighted by Gasteiger charge is -2.11. The Morgan fingerprint density at radius 3 is 2.64 bits per heavy atom. The summed E-state index contributed by atoms with van der Waals surface area (Å²) < 4.78 is 0. The fourth-order valence-electron chi connectivity index (χ4n) is 1.37. The molecule has 14 heavy (non-hydrogen) atoms. The molecule has 1 N–H and O–H groups in total. The van der Waals surface area contributed by atoms with Crippen LogP contribution >= 0.6 is 0 Å². The van der Waals surface area contributed by atoms with E-state index in [0.29, 0.717) is 0 Å². The predicted octanol–water partition coefficient (Wildman–Crippen LogP) is 2.58. The molecule has 1 aromatic carbocycles. The predicted molar refractivity (Wildman–Crippen MR) is 60.8 cm³/mol. The van der Waals surface area contributed by atoms with Gasteiger partial charge in [-0.1, -0.05) is 49.6 Å². The van der Waals surface area contributed by atoms with Crippen molar-refractivity contribution >= 4 is 0 Å². The maximum atomic E-state index is 5.41. The maximum Gasteiger partial charge on any atom is 0.0689 e. The summed E-state index contributed by atoms with van der Waals surface area (Å²) in [5, 5.41) is 3.35. The van der Waals surface area contributed by atoms with Crippen molar-refractivity contribution in [1.82, 2.24) is 5.32 Å². The van der Waals surface area contributed by atoms with Crippen LogP contribution in [0.3, 0.4) is 0 Å². The zero-order chi connectivity index (χ0) is 10.2. The van der Waals surface area contributed by atoms with Crippen LogP contribution in [-0.2, 0) is 6.54 Å². The second-order valence-electron chi connectivity index (χ2n) is 3.37. The van der Waals surface area contributed by atoms with Crippen LogP contribution in [0.1, 0.15) is 25.3 Å². The summed E-state index contributed by atoms with van der Waals surface area (Å²) in [7, 11) is 0. The summed E-state index contributed by atoms with van der Waals surface area (Å²) in [6, 6.07) is 10.5. The van der Waals surface area contributed by atoms with Crippen molar-refractivity contribution < 1.29 is 0 Å². The van der Waals surface area contributed by atoms with E-state index in [1.165, 1.54) is 5.56 Å². The molecule has 74 valence electrons. The van der Waals surface area contributed by atoms with Gasteiger partial charge >= 0.3 is 0 Å². The van der Waals surface area contributed by atoms with E-state index >= 15 is 0 Å². The van der Waals surface area contributed by atoms with Gasteiger partial charge in [-0.2, -0.15) is 0 Å². The second-order valence-corrected chi connectivity index (χ2v) is 3.37. The van der Waals surface area contributed by atoms with Crippen LogP contribution in [0.4, 0.5) is 0 Å². The topological polar surface area (TPSA) is 12.0 Å². The summed E-state index contributed by atoms with van der Waals surface area (Å²) in [4.78, 5) is 0. The lowest BCUT2D eigenvalue weighted by Crippen LogP contribution is -2.26. The molecule has 0 radical (unpaired) electrons. The van der Waals surface area contributed by atoms with E-state index in [-0.39, 0.29) is 6.04 Å². The van der Waals surface area contributed by atoms with Crippen molar-refractivity contribution in [3.8, 4) is 12.3 Å². The second kappa shape index (κ2) is 6.23. The van der Waals surface area contributed by atoms with Crippen LogP contribution in [0.2, 0.25) is 0 Å². The zero-order valence-corrected chi connectivity index (χ0v) is 8.66. The molecule has 1 heteroatoms. The van der Waals surface area contributed by atoms with Crippen LogP contribution in [0.5, 0.6) is 0 Å². The number of benzene rings is 1. The van der Waals surface area contributed by atoms with E-state index in [0.717, 1.165) is 19.4 Å². The third-order valence-electron chi connectivity index (χ3n) is 2.17. The van der Waals surface area contributed by atoms with E-state index in [9.17, 15) is 0 Å². The van der Waals surface area contributed by atoms with Gasteiger partial charge in [0.05, 0.1) is 6.04 Å². The molecule has 0 heterocycles. The largest absolute Gasteiger partial charge is 0.300 e. The first-order valence-electron chi connectivity index (χ1n) is 5.10. The Morgan fingerprint density at radius 2 is 2.07 bits per heavy atom. The molecule has 1 unspecified atom stereocenters. The molecule has 0 spiro atoms. The molecule has 0 amide bonds. The summed E-state index contributed by atoms with van der Waals surface area (Å²) in [6.45, 7) is 3.00. The third kappa shape index (κ3) is 3.64. The van der Waals surface area contributed by atoms with Crippen LogP contribution in [-0.4, -0.2) is 6.04 Å². The van der Waals surface area contributed by atoms with Crippen molar-refractivity contribution in [2.75, 3.05) is 0 Å². The Hall–Kier alpha value is -1.26. The number of hydrogen-bond acceptors (Lipinski definition) is 1. The fourth-order valence-corrected chi connectivity index (χ4v) is 1.37. The van der Waals surface area contributed by atoms with Crippen molar-refractivity contribution in [2.24, 2.45) is 0 Å². The zero-order valence-electron chi connectivity index (χ0n) is 8.66. The Labute approximate surface area is 86.5 Å². The molecule has 0 aromatic heterocycles. The van der Waals surface area contributed by atoms with Gasteiger partial charge in [0.1, 0.15) is 0 Å². The number of rotatable bonds is 5. The van der Waals surface area contributed by atoms with Gasteiger partial charge in [0.2, 0.25) is 0 Å². The van der Waals surface area contributed by atoms with Gasteiger partial charge in [0.15, 0.2) is 0 Å². The van der Waals surface area contributed by atoms with Gasteiger partial charge in [0, 0.05) is 6.54 Å². The molecular formula is C13H17N. The van der Waals surface area contributed by atoms with E-state index in [2.05, 4.69) is 30.3 Å². The molecule has 1 nitrogen and oxygen atoms in total. The van der Waals surface area contributed by atoms with Crippen LogP contribution < -0.4 is 5.32 Å². The van der Waals surface area contributed by atoms with Gasteiger partial charge in [0.25, 0.3) is 0 Å². The van der Waals surface area contributed by atoms with Crippen LogP contribution in [0.25, 0.3) is 0 Å². The molecule has 0 fully saturated rings. The molecule has 0 aliphatic carbocycles. The van der Waals surface area contributed by atoms with Crippen molar-refractivity contribution in [1.29, 1.82) is 0 Å². The Balaban J connectivity index is 2.37. The molecule has 0 aliphatic heterocycles. The Kier molecular flexibility index (Phi) is 4.82. The monoisotopic (exact) mass is 187 g/mol. The van der Waals surface area contributed by atoms with E-state index < -0.39 is 0 Å². The molecule has 0 bridgehead atoms. The molecular weight excluding hydrogens is 170 g/mol. The quantitative estimate of drug-likeness (QED) is 0.699. The third-order valence-corrected chi connectivity index (χ3v) is 2.17. The highest BCUT2D eigenvalue weighted by Gasteiger charge is 2.01. The highest BCUT2D eigenvalue weighted by Crippen LogP contribution is 2.00. The van der Waals surface area contributed by atoms with Gasteiger partial charge in [-0.25, -0.2) is 0 Å². The minimum Gasteiger partial charge on any atom is -0.300 e. The molecule has 0 saturated carbocycles. The van der Waals surface area contributed by atoms with Crippen molar-refractivity contribution in [3.63, 3.8) is 0 Å². The SMILES string of the molecule is C#CC(CCC)NCc1ccccc1. The summed E-state index contributed by atoms with van der Waals surface area (Å²) in [6.07, 6.45) is 7.58. The van der Waals surface area contributed by atoms with Gasteiger partial charge in [-0.05, 0) is 12.0 Å². The summed E-state index contributed by atoms with van der Waals surface area (Å²) in [5.41, 5.74) is 1.28. The Morgan fingerprint density at radius 1 is 1.36 bits per heavy atom. The fraction of sp³-hybridized carbons (Fsp3) is 0.385. The number of hydrogen-bond donors (Lipinski definition) is 1. The summed E-state index contributed by atoms with van der Waals surface area (Å²) in [5.74, 6) is 2.76. The van der Waals surface area contributed by atoms with Crippen LogP contribution in [0.15, 0.2) is 30.3 Å². The average molecular weight is 187 g/mol. The van der Waals surface area contributed by atoms with Crippen LogP contribution in [0, 0.1) is 12.3 Å². The number of terminal acetylenes is 1. The molecule has 1 rings (SSSR count). The summed E-state index contributed by atoms with van der Waals surface area (Å²) >= 11 is 0. The molecule has 0 saturated heterocycles. The van der Waals surface area contributed by atoms with E-state index in [1.807, 2.05) is 18.2 Å². The molecule has 1 atom stereocenters. The first kappa shape index (κ1) is 10.8. The van der Waals surface area contributed by atoms with Gasteiger partial charge < -0.3 is 0 Å². The highest BCUT2D eigenvalue weighted by molar-refractivity contribution is 5.15. The lowest BCUT2D eigenvalue weighted by atomic mass is 10.1. The van der Waals surface area contributed by atoms with Crippen molar-refractivity contribution in [3.05, 3.63) is 35.9 Å². The van der Waals surface area contributed by atoms with E-state index in [1.54, 1.807) is 0 Å². The first-order chi connectivity index (χ1) is 6.86. The minimum atomic E-state index is 0.209. The van der Waals surface area contributed by atoms with Gasteiger partial charge in [-0.15, -0.1) is 6.42 Å². The highest BCUT2D eigenvalue weighted by atomic mass is 14.9. The maximum absolute atomic E-state index is 5.41. The Bertz CT molecular complexity index is 284. The number of nitrogens with one attached hydrogen (secondary N) is 1. The lowest BCUT2D eigenvalue weighted by molar-refractivity contribution is 0.563. The van der Waals surface area contributed by atoms with E-state index in [4.69, 9.17) is 6.42 Å². The first-order valence-corrected chi connectivity index (χ1v) is 5.10.